The van der Waals surface area contributed by atoms with Crippen LogP contribution in [0.25, 0.3) is 0 Å². The van der Waals surface area contributed by atoms with E-state index in [2.05, 4.69) is 37.1 Å². The molecule has 180 valence electrons. The molecule has 3 aliphatic rings. The number of nitrogens with one attached hydrogen (secondary N) is 1. The van der Waals surface area contributed by atoms with Gasteiger partial charge in [0.1, 0.15) is 23.4 Å². The Labute approximate surface area is 193 Å². The summed E-state index contributed by atoms with van der Waals surface area (Å²) in [4.78, 5) is 28.0. The van der Waals surface area contributed by atoms with Gasteiger partial charge >= 0.3 is 12.1 Å². The third-order valence-corrected chi connectivity index (χ3v) is 7.02. The van der Waals surface area contributed by atoms with Crippen LogP contribution < -0.4 is 5.32 Å². The van der Waals surface area contributed by atoms with Crippen molar-refractivity contribution >= 4 is 12.1 Å². The Morgan fingerprint density at radius 3 is 2.79 bits per heavy atom. The van der Waals surface area contributed by atoms with Crippen molar-refractivity contribution in [3.8, 4) is 0 Å². The lowest BCUT2D eigenvalue weighted by Crippen LogP contribution is -2.56. The number of carbonyl (C=O) groups is 2. The number of aromatic carboxylic acids is 1. The highest BCUT2D eigenvalue weighted by molar-refractivity contribution is 5.88. The van der Waals surface area contributed by atoms with E-state index in [-0.39, 0.29) is 41.5 Å². The Hall–Kier alpha value is -2.49. The summed E-state index contributed by atoms with van der Waals surface area (Å²) in [7, 11) is 1.62. The van der Waals surface area contributed by atoms with Crippen LogP contribution in [0.3, 0.4) is 0 Å². The van der Waals surface area contributed by atoms with Gasteiger partial charge in [-0.1, -0.05) is 11.6 Å². The van der Waals surface area contributed by atoms with Crippen molar-refractivity contribution in [2.75, 3.05) is 13.7 Å². The van der Waals surface area contributed by atoms with E-state index in [1.807, 2.05) is 0 Å². The normalized spacial score (nSPS) is 34.4. The summed E-state index contributed by atoms with van der Waals surface area (Å²) in [6.45, 7) is 6.83. The molecular formula is C24H32N2O7. The topological polar surface area (TPSA) is 123 Å². The molecule has 33 heavy (non-hydrogen) atoms. The Morgan fingerprint density at radius 1 is 1.39 bits per heavy atom. The van der Waals surface area contributed by atoms with Gasteiger partial charge in [-0.05, 0) is 52.2 Å². The molecule has 2 saturated heterocycles. The fourth-order valence-electron chi connectivity index (χ4n) is 5.18. The van der Waals surface area contributed by atoms with Crippen molar-refractivity contribution in [1.82, 2.24) is 10.3 Å². The highest BCUT2D eigenvalue weighted by Crippen LogP contribution is 2.59. The molecule has 1 aromatic rings. The summed E-state index contributed by atoms with van der Waals surface area (Å²) >= 11 is 0. The van der Waals surface area contributed by atoms with E-state index in [1.165, 1.54) is 23.9 Å². The molecule has 3 heterocycles. The molecule has 9 heteroatoms. The third kappa shape index (κ3) is 4.76. The van der Waals surface area contributed by atoms with Gasteiger partial charge in [-0.25, -0.2) is 9.59 Å². The monoisotopic (exact) mass is 460 g/mol. The molecule has 9 nitrogen and oxygen atoms in total. The van der Waals surface area contributed by atoms with Crippen molar-refractivity contribution in [2.45, 2.75) is 76.1 Å². The third-order valence-electron chi connectivity index (χ3n) is 7.02. The van der Waals surface area contributed by atoms with Gasteiger partial charge in [0.25, 0.3) is 0 Å². The minimum atomic E-state index is -1.10. The van der Waals surface area contributed by atoms with Crippen LogP contribution in [0, 0.1) is 5.92 Å². The SMILES string of the molecule is CO[C@@H]1[C@H](OC(=O)NCc2ncccc2C(=O)O)CC[C@]2(CO2)[C@H]1[C@@]1(C)O[C@@H]1CC=C(C)C. The highest BCUT2D eigenvalue weighted by atomic mass is 16.6. The number of nitrogens with zero attached hydrogens (tertiary/aromatic N) is 1. The molecule has 3 fully saturated rings. The first-order valence-electron chi connectivity index (χ1n) is 11.3. The van der Waals surface area contributed by atoms with Gasteiger partial charge in [0.2, 0.25) is 0 Å². The van der Waals surface area contributed by atoms with Gasteiger partial charge in [-0.15, -0.1) is 0 Å². The number of methoxy groups -OCH3 is 1. The van der Waals surface area contributed by atoms with Gasteiger partial charge in [-0.3, -0.25) is 4.98 Å². The van der Waals surface area contributed by atoms with Crippen LogP contribution in [-0.4, -0.2) is 65.4 Å². The van der Waals surface area contributed by atoms with Crippen LogP contribution in [0.5, 0.6) is 0 Å². The Kier molecular flexibility index (Phi) is 6.48. The number of hydrogen-bond acceptors (Lipinski definition) is 7. The van der Waals surface area contributed by atoms with Gasteiger partial charge in [0.15, 0.2) is 0 Å². The molecule has 0 bridgehead atoms. The molecule has 4 rings (SSSR count). The number of rotatable bonds is 8. The van der Waals surface area contributed by atoms with Crippen LogP contribution in [0.15, 0.2) is 30.0 Å². The second kappa shape index (κ2) is 9.04. The number of aromatic nitrogens is 1. The Morgan fingerprint density at radius 2 is 2.15 bits per heavy atom. The molecule has 1 saturated carbocycles. The number of pyridine rings is 1. The Balaban J connectivity index is 1.42. The number of alkyl carbamates (subject to hydrolysis) is 1. The van der Waals surface area contributed by atoms with Gasteiger partial charge in [0.05, 0.1) is 36.4 Å². The zero-order valence-corrected chi connectivity index (χ0v) is 19.5. The van der Waals surface area contributed by atoms with E-state index in [1.54, 1.807) is 7.11 Å². The van der Waals surface area contributed by atoms with E-state index in [0.717, 1.165) is 12.8 Å². The summed E-state index contributed by atoms with van der Waals surface area (Å²) in [6, 6.07) is 2.99. The van der Waals surface area contributed by atoms with Gasteiger partial charge < -0.3 is 29.4 Å². The second-order valence-corrected chi connectivity index (χ2v) is 9.48. The lowest BCUT2D eigenvalue weighted by Gasteiger charge is -2.42. The molecule has 1 aliphatic carbocycles. The maximum atomic E-state index is 12.6. The minimum absolute atomic E-state index is 0.0411. The molecule has 0 radical (unpaired) electrons. The molecule has 0 aromatic carbocycles. The minimum Gasteiger partial charge on any atom is -0.478 e. The maximum Gasteiger partial charge on any atom is 0.407 e. The molecule has 1 spiro atoms. The first kappa shape index (κ1) is 23.7. The Bertz CT molecular complexity index is 940. The number of carboxylic acid groups (broad SMARTS) is 1. The predicted molar refractivity (Wildman–Crippen MR) is 118 cm³/mol. The first-order valence-corrected chi connectivity index (χ1v) is 11.3. The summed E-state index contributed by atoms with van der Waals surface area (Å²) in [5, 5.41) is 11.9. The fraction of sp³-hybridized carbons (Fsp3) is 0.625. The number of allylic oxidation sites excluding steroid dienone is 1. The smallest absolute Gasteiger partial charge is 0.407 e. The average molecular weight is 461 g/mol. The number of hydrogen-bond donors (Lipinski definition) is 2. The predicted octanol–water partition coefficient (Wildman–Crippen LogP) is 3.08. The standard InChI is InChI=1S/C24H32N2O7/c1-14(2)7-8-18-23(3,33-18)20-19(30-4)17(9-10-24(20)13-31-24)32-22(29)26-12-16-15(21(27)28)6-5-11-25-16/h5-7,11,17-20H,8-10,12-13H2,1-4H3,(H,26,29)(H,27,28)/t17-,18-,19-,20-,23+,24+/m1/s1. The van der Waals surface area contributed by atoms with Crippen LogP contribution in [0.2, 0.25) is 0 Å². The molecule has 6 atom stereocenters. The van der Waals surface area contributed by atoms with Crippen molar-refractivity contribution in [2.24, 2.45) is 5.92 Å². The van der Waals surface area contributed by atoms with Crippen LogP contribution in [-0.2, 0) is 25.5 Å². The number of ether oxygens (including phenoxy) is 4. The maximum absolute atomic E-state index is 12.6. The van der Waals surface area contributed by atoms with Crippen molar-refractivity contribution in [3.63, 3.8) is 0 Å². The number of carboxylic acids is 1. The van der Waals surface area contributed by atoms with E-state index in [9.17, 15) is 14.7 Å². The molecule has 2 N–H and O–H groups in total. The molecule has 1 amide bonds. The van der Waals surface area contributed by atoms with E-state index < -0.39 is 23.8 Å². The number of carbonyl (C=O) groups excluding carboxylic acids is 1. The lowest BCUT2D eigenvalue weighted by atomic mass is 9.68. The number of amides is 1. The number of epoxide rings is 2. The average Bonchev–Trinajstić information content (AvgIpc) is 3.69. The van der Waals surface area contributed by atoms with Gasteiger partial charge in [0, 0.05) is 13.3 Å². The van der Waals surface area contributed by atoms with E-state index in [4.69, 9.17) is 18.9 Å². The first-order chi connectivity index (χ1) is 15.7. The summed E-state index contributed by atoms with van der Waals surface area (Å²) in [5.41, 5.74) is 0.841. The molecule has 1 aromatic heterocycles. The van der Waals surface area contributed by atoms with E-state index in [0.29, 0.717) is 13.0 Å². The van der Waals surface area contributed by atoms with Crippen molar-refractivity contribution in [1.29, 1.82) is 0 Å². The lowest BCUT2D eigenvalue weighted by molar-refractivity contribution is -0.118. The zero-order chi connectivity index (χ0) is 23.8. The van der Waals surface area contributed by atoms with Crippen LogP contribution in [0.1, 0.15) is 56.1 Å². The quantitative estimate of drug-likeness (QED) is 0.448. The van der Waals surface area contributed by atoms with Crippen molar-refractivity contribution in [3.05, 3.63) is 41.2 Å². The van der Waals surface area contributed by atoms with E-state index >= 15 is 0 Å². The second-order valence-electron chi connectivity index (χ2n) is 9.48. The summed E-state index contributed by atoms with van der Waals surface area (Å²) in [6.07, 6.45) is 4.43. The summed E-state index contributed by atoms with van der Waals surface area (Å²) < 4.78 is 23.7. The molecule has 2 aliphatic heterocycles. The van der Waals surface area contributed by atoms with Crippen LogP contribution in [0.4, 0.5) is 4.79 Å². The fourth-order valence-corrected chi connectivity index (χ4v) is 5.18. The van der Waals surface area contributed by atoms with Crippen LogP contribution >= 0.6 is 0 Å². The largest absolute Gasteiger partial charge is 0.478 e. The molecular weight excluding hydrogens is 428 g/mol. The highest BCUT2D eigenvalue weighted by Gasteiger charge is 2.72. The van der Waals surface area contributed by atoms with Crippen molar-refractivity contribution < 1.29 is 33.6 Å². The zero-order valence-electron chi connectivity index (χ0n) is 19.5. The molecule has 0 unspecified atom stereocenters. The summed E-state index contributed by atoms with van der Waals surface area (Å²) in [5.74, 6) is -1.16. The van der Waals surface area contributed by atoms with Gasteiger partial charge in [-0.2, -0.15) is 0 Å².